The minimum atomic E-state index is -0.0250. The lowest BCUT2D eigenvalue weighted by Crippen LogP contribution is -2.40. The maximum Gasteiger partial charge on any atom is 0.227 e. The summed E-state index contributed by atoms with van der Waals surface area (Å²) >= 11 is 0. The fourth-order valence-electron chi connectivity index (χ4n) is 2.66. The average molecular weight is 290 g/mol. The number of hydrogen-bond acceptors (Lipinski definition) is 3. The number of nitrogens with one attached hydrogen (secondary N) is 1. The molecule has 1 aromatic rings. The highest BCUT2D eigenvalue weighted by Crippen LogP contribution is 2.23. The second kappa shape index (κ2) is 6.61. The summed E-state index contributed by atoms with van der Waals surface area (Å²) in [7, 11) is 1.63. The zero-order chi connectivity index (χ0) is 15.4. The number of anilines is 1. The number of rotatable bonds is 3. The van der Waals surface area contributed by atoms with Crippen molar-refractivity contribution in [1.29, 1.82) is 0 Å². The van der Waals surface area contributed by atoms with Crippen LogP contribution in [0.15, 0.2) is 18.2 Å². The van der Waals surface area contributed by atoms with Crippen LogP contribution in [0.5, 0.6) is 5.75 Å². The second-order valence-corrected chi connectivity index (χ2v) is 5.45. The van der Waals surface area contributed by atoms with Crippen LogP contribution in [-0.4, -0.2) is 36.9 Å². The highest BCUT2D eigenvalue weighted by molar-refractivity contribution is 5.93. The van der Waals surface area contributed by atoms with E-state index in [-0.39, 0.29) is 17.7 Å². The Morgan fingerprint density at radius 1 is 1.29 bits per heavy atom. The molecule has 0 radical (unpaired) electrons. The van der Waals surface area contributed by atoms with Gasteiger partial charge < -0.3 is 15.0 Å². The van der Waals surface area contributed by atoms with E-state index in [0.29, 0.717) is 13.1 Å². The van der Waals surface area contributed by atoms with Gasteiger partial charge in [-0.25, -0.2) is 0 Å². The molecule has 5 heteroatoms. The van der Waals surface area contributed by atoms with Crippen LogP contribution in [0.2, 0.25) is 0 Å². The van der Waals surface area contributed by atoms with Crippen LogP contribution >= 0.6 is 0 Å². The zero-order valence-corrected chi connectivity index (χ0v) is 12.8. The van der Waals surface area contributed by atoms with Crippen molar-refractivity contribution in [2.24, 2.45) is 5.92 Å². The van der Waals surface area contributed by atoms with Gasteiger partial charge in [-0.05, 0) is 43.5 Å². The standard InChI is InChI=1S/C16H22N2O3/c1-11-10-14(4-5-15(11)21-3)17-16(20)13-6-8-18(9-7-13)12(2)19/h4-5,10,13H,6-9H2,1-3H3,(H,17,20). The van der Waals surface area contributed by atoms with Crippen molar-refractivity contribution >= 4 is 17.5 Å². The van der Waals surface area contributed by atoms with Crippen LogP contribution < -0.4 is 10.1 Å². The molecule has 0 bridgehead atoms. The molecular formula is C16H22N2O3. The first kappa shape index (κ1) is 15.4. The lowest BCUT2D eigenvalue weighted by molar-refractivity contribution is -0.132. The summed E-state index contributed by atoms with van der Waals surface area (Å²) < 4.78 is 5.21. The van der Waals surface area contributed by atoms with Gasteiger partial charge in [-0.3, -0.25) is 9.59 Å². The lowest BCUT2D eigenvalue weighted by atomic mass is 9.95. The Bertz CT molecular complexity index is 534. The normalized spacial score (nSPS) is 15.7. The van der Waals surface area contributed by atoms with E-state index in [2.05, 4.69) is 5.32 Å². The molecule has 1 saturated heterocycles. The van der Waals surface area contributed by atoms with E-state index in [1.165, 1.54) is 0 Å². The van der Waals surface area contributed by atoms with Gasteiger partial charge in [0.05, 0.1) is 7.11 Å². The molecule has 0 saturated carbocycles. The van der Waals surface area contributed by atoms with Crippen LogP contribution in [0.25, 0.3) is 0 Å². The average Bonchev–Trinajstić information content (AvgIpc) is 2.47. The number of nitrogens with zero attached hydrogens (tertiary/aromatic N) is 1. The number of benzene rings is 1. The topological polar surface area (TPSA) is 58.6 Å². The summed E-state index contributed by atoms with van der Waals surface area (Å²) in [5.74, 6) is 0.896. The van der Waals surface area contributed by atoms with Crippen molar-refractivity contribution in [3.8, 4) is 5.75 Å². The molecule has 21 heavy (non-hydrogen) atoms. The first-order chi connectivity index (χ1) is 10.0. The molecule has 0 atom stereocenters. The minimum Gasteiger partial charge on any atom is -0.496 e. The van der Waals surface area contributed by atoms with Gasteiger partial charge in [0.15, 0.2) is 0 Å². The predicted molar refractivity (Wildman–Crippen MR) is 81.3 cm³/mol. The first-order valence-electron chi connectivity index (χ1n) is 7.22. The van der Waals surface area contributed by atoms with Crippen molar-refractivity contribution < 1.29 is 14.3 Å². The number of carbonyl (C=O) groups is 2. The highest BCUT2D eigenvalue weighted by Gasteiger charge is 2.26. The Morgan fingerprint density at radius 2 is 1.95 bits per heavy atom. The van der Waals surface area contributed by atoms with E-state index in [4.69, 9.17) is 4.74 Å². The summed E-state index contributed by atoms with van der Waals surface area (Å²) in [5.41, 5.74) is 1.77. The van der Waals surface area contributed by atoms with Crippen molar-refractivity contribution in [1.82, 2.24) is 4.90 Å². The van der Waals surface area contributed by atoms with Crippen molar-refractivity contribution in [3.05, 3.63) is 23.8 Å². The molecule has 5 nitrogen and oxygen atoms in total. The van der Waals surface area contributed by atoms with Gasteiger partial charge in [0.25, 0.3) is 0 Å². The number of carbonyl (C=O) groups excluding carboxylic acids is 2. The Balaban J connectivity index is 1.93. The zero-order valence-electron chi connectivity index (χ0n) is 12.8. The summed E-state index contributed by atoms with van der Waals surface area (Å²) in [6.45, 7) is 4.84. The smallest absolute Gasteiger partial charge is 0.227 e. The number of methoxy groups -OCH3 is 1. The monoisotopic (exact) mass is 290 g/mol. The van der Waals surface area contributed by atoms with Crippen LogP contribution in [0.3, 0.4) is 0 Å². The van der Waals surface area contributed by atoms with E-state index in [9.17, 15) is 9.59 Å². The largest absolute Gasteiger partial charge is 0.496 e. The predicted octanol–water partition coefficient (Wildman–Crippen LogP) is 2.20. The van der Waals surface area contributed by atoms with Gasteiger partial charge in [-0.1, -0.05) is 0 Å². The third-order valence-electron chi connectivity index (χ3n) is 3.97. The highest BCUT2D eigenvalue weighted by atomic mass is 16.5. The number of likely N-dealkylation sites (tertiary alicyclic amines) is 1. The van der Waals surface area contributed by atoms with Gasteiger partial charge >= 0.3 is 0 Å². The van der Waals surface area contributed by atoms with Gasteiger partial charge in [0, 0.05) is 31.6 Å². The van der Waals surface area contributed by atoms with E-state index >= 15 is 0 Å². The number of aryl methyl sites for hydroxylation is 1. The molecule has 1 fully saturated rings. The van der Waals surface area contributed by atoms with Crippen LogP contribution in [0.4, 0.5) is 5.69 Å². The Labute approximate surface area is 125 Å². The number of amides is 2. The summed E-state index contributed by atoms with van der Waals surface area (Å²) in [6.07, 6.45) is 1.45. The van der Waals surface area contributed by atoms with Gasteiger partial charge in [-0.15, -0.1) is 0 Å². The quantitative estimate of drug-likeness (QED) is 0.928. The molecule has 1 aliphatic rings. The number of piperidine rings is 1. The fourth-order valence-corrected chi connectivity index (χ4v) is 2.66. The van der Waals surface area contributed by atoms with Crippen LogP contribution in [0, 0.1) is 12.8 Å². The maximum atomic E-state index is 12.3. The van der Waals surface area contributed by atoms with Crippen LogP contribution in [0.1, 0.15) is 25.3 Å². The lowest BCUT2D eigenvalue weighted by Gasteiger charge is -2.30. The number of ether oxygens (including phenoxy) is 1. The molecule has 1 heterocycles. The van der Waals surface area contributed by atoms with E-state index < -0.39 is 0 Å². The third kappa shape index (κ3) is 3.74. The first-order valence-corrected chi connectivity index (χ1v) is 7.22. The molecule has 0 aliphatic carbocycles. The molecule has 0 spiro atoms. The van der Waals surface area contributed by atoms with E-state index in [1.54, 1.807) is 18.9 Å². The summed E-state index contributed by atoms with van der Waals surface area (Å²) in [6, 6.07) is 5.60. The fraction of sp³-hybridized carbons (Fsp3) is 0.500. The SMILES string of the molecule is COc1ccc(NC(=O)C2CCN(C(C)=O)CC2)cc1C. The number of hydrogen-bond donors (Lipinski definition) is 1. The van der Waals surface area contributed by atoms with Crippen LogP contribution in [-0.2, 0) is 9.59 Å². The molecular weight excluding hydrogens is 268 g/mol. The molecule has 1 N–H and O–H groups in total. The Morgan fingerprint density at radius 3 is 2.48 bits per heavy atom. The summed E-state index contributed by atoms with van der Waals surface area (Å²) in [4.78, 5) is 25.3. The molecule has 0 unspecified atom stereocenters. The van der Waals surface area contributed by atoms with E-state index in [1.807, 2.05) is 25.1 Å². The molecule has 2 rings (SSSR count). The maximum absolute atomic E-state index is 12.3. The molecule has 1 aliphatic heterocycles. The molecule has 0 aromatic heterocycles. The molecule has 114 valence electrons. The second-order valence-electron chi connectivity index (χ2n) is 5.45. The molecule has 2 amide bonds. The third-order valence-corrected chi connectivity index (χ3v) is 3.97. The van der Waals surface area contributed by atoms with Gasteiger partial charge in [0.1, 0.15) is 5.75 Å². The Kier molecular flexibility index (Phi) is 4.83. The van der Waals surface area contributed by atoms with E-state index in [0.717, 1.165) is 29.8 Å². The minimum absolute atomic E-state index is 0.0250. The van der Waals surface area contributed by atoms with Crippen molar-refractivity contribution in [2.45, 2.75) is 26.7 Å². The van der Waals surface area contributed by atoms with Crippen molar-refractivity contribution in [2.75, 3.05) is 25.5 Å². The van der Waals surface area contributed by atoms with Gasteiger partial charge in [-0.2, -0.15) is 0 Å². The van der Waals surface area contributed by atoms with Crippen molar-refractivity contribution in [3.63, 3.8) is 0 Å². The summed E-state index contributed by atoms with van der Waals surface area (Å²) in [5, 5.41) is 2.95. The van der Waals surface area contributed by atoms with Gasteiger partial charge in [0.2, 0.25) is 11.8 Å². The molecule has 1 aromatic carbocycles. The Hall–Kier alpha value is -2.04.